The van der Waals surface area contributed by atoms with Gasteiger partial charge in [0.25, 0.3) is 11.8 Å². The molecule has 0 aliphatic carbocycles. The van der Waals surface area contributed by atoms with Gasteiger partial charge >= 0.3 is 0 Å². The first-order valence-electron chi connectivity index (χ1n) is 19.4. The molecule has 5 aromatic rings. The number of carbonyl (C=O) groups excluding carboxylic acids is 3. The highest BCUT2D eigenvalue weighted by atomic mass is 16.5. The largest absolute Gasteiger partial charge is 0.493 e. The van der Waals surface area contributed by atoms with Crippen molar-refractivity contribution in [2.75, 3.05) is 49.6 Å². The Labute approximate surface area is 341 Å². The summed E-state index contributed by atoms with van der Waals surface area (Å²) >= 11 is 0. The predicted molar refractivity (Wildman–Crippen MR) is 226 cm³/mol. The highest BCUT2D eigenvalue weighted by Gasteiger charge is 2.38. The molecule has 2 atom stereocenters. The van der Waals surface area contributed by atoms with E-state index in [1.165, 1.54) is 14.2 Å². The molecular formula is C46H42N6O7. The lowest BCUT2D eigenvalue weighted by molar-refractivity contribution is -0.117. The Hall–Kier alpha value is -6.99. The number of aliphatic imine (C=N–C) groups is 2. The summed E-state index contributed by atoms with van der Waals surface area (Å²) in [6, 6.07) is 28.0. The summed E-state index contributed by atoms with van der Waals surface area (Å²) in [5.41, 5.74) is 7.94. The number of benzene rings is 5. The number of anilines is 3. The number of fused-ring (bicyclic) bond motifs is 8. The van der Waals surface area contributed by atoms with E-state index in [1.807, 2.05) is 79.2 Å². The van der Waals surface area contributed by atoms with Crippen molar-refractivity contribution in [1.29, 1.82) is 0 Å². The molecule has 3 amide bonds. The monoisotopic (exact) mass is 790 g/mol. The van der Waals surface area contributed by atoms with Crippen molar-refractivity contribution in [3.8, 4) is 23.0 Å². The Morgan fingerprint density at radius 2 is 1.17 bits per heavy atom. The highest BCUT2D eigenvalue weighted by molar-refractivity contribution is 6.16. The number of rotatable bonds is 11. The van der Waals surface area contributed by atoms with Crippen molar-refractivity contribution < 1.29 is 33.3 Å². The van der Waals surface area contributed by atoms with Crippen LogP contribution in [0.5, 0.6) is 23.0 Å². The molecule has 0 aromatic heterocycles. The Morgan fingerprint density at radius 3 is 1.63 bits per heavy atom. The van der Waals surface area contributed by atoms with Crippen molar-refractivity contribution in [3.63, 3.8) is 0 Å². The van der Waals surface area contributed by atoms with Gasteiger partial charge < -0.3 is 29.2 Å². The smallest absolute Gasteiger partial charge is 0.261 e. The van der Waals surface area contributed by atoms with E-state index in [9.17, 15) is 14.4 Å². The van der Waals surface area contributed by atoms with Gasteiger partial charge in [0.2, 0.25) is 5.91 Å². The van der Waals surface area contributed by atoms with E-state index in [-0.39, 0.29) is 49.6 Å². The zero-order valence-electron chi connectivity index (χ0n) is 33.1. The van der Waals surface area contributed by atoms with Crippen LogP contribution >= 0.6 is 0 Å². The summed E-state index contributed by atoms with van der Waals surface area (Å²) in [6.45, 7) is 0.348. The molecule has 13 nitrogen and oxygen atoms in total. The zero-order chi connectivity index (χ0) is 40.8. The topological polar surface area (TPSA) is 135 Å². The Kier molecular flexibility index (Phi) is 9.81. The molecule has 0 radical (unpaired) electrons. The molecule has 0 bridgehead atoms. The van der Waals surface area contributed by atoms with Gasteiger partial charge in [-0.3, -0.25) is 34.2 Å². The number of methoxy groups -OCH3 is 2. The molecule has 9 rings (SSSR count). The predicted octanol–water partition coefficient (Wildman–Crippen LogP) is 6.62. The van der Waals surface area contributed by atoms with Crippen molar-refractivity contribution >= 4 is 58.6 Å². The molecule has 0 saturated heterocycles. The molecule has 0 fully saturated rings. The van der Waals surface area contributed by atoms with Gasteiger partial charge in [-0.05, 0) is 71.8 Å². The highest BCUT2D eigenvalue weighted by Crippen LogP contribution is 2.43. The molecule has 4 aliphatic heterocycles. The average Bonchev–Trinajstić information content (AvgIpc) is 3.75. The van der Waals surface area contributed by atoms with E-state index >= 15 is 0 Å². The van der Waals surface area contributed by atoms with Gasteiger partial charge in [0.05, 0.1) is 55.3 Å². The summed E-state index contributed by atoms with van der Waals surface area (Å²) in [5, 5.41) is 2.92. The lowest BCUT2D eigenvalue weighted by atomic mass is 10.1. The molecule has 4 aliphatic rings. The number of hydrogen-bond donors (Lipinski definition) is 1. The maximum absolute atomic E-state index is 13.9. The van der Waals surface area contributed by atoms with Crippen LogP contribution in [0.15, 0.2) is 101 Å². The standard InChI is InChI=1S/C46H42N6O7/c1-47-24-44(53)50(2)31-14-27(25-58-42-20-36-34(18-40(42)56-3)45(54)51-32(22-48-36)16-29-9-5-7-11-38(29)51)13-28(15-31)26-59-43-21-37-35(19-41(43)57-4)46(55)52-33(23-49-37)17-30-10-6-8-12-39(30)52/h5-15,18-23,32-33,47H,16-17,24-26H2,1-4H3/t32-,33?/m0/s1. The number of nitrogens with one attached hydrogen (secondary N) is 1. The quantitative estimate of drug-likeness (QED) is 0.158. The van der Waals surface area contributed by atoms with Gasteiger partial charge in [-0.2, -0.15) is 0 Å². The van der Waals surface area contributed by atoms with E-state index < -0.39 is 0 Å². The van der Waals surface area contributed by atoms with Crippen LogP contribution in [0.25, 0.3) is 0 Å². The van der Waals surface area contributed by atoms with Crippen molar-refractivity contribution in [2.24, 2.45) is 9.98 Å². The van der Waals surface area contributed by atoms with Crippen LogP contribution in [-0.4, -0.2) is 77.1 Å². The second-order valence-electron chi connectivity index (χ2n) is 14.8. The number of amides is 3. The van der Waals surface area contributed by atoms with E-state index in [0.717, 1.165) is 33.6 Å². The van der Waals surface area contributed by atoms with Crippen LogP contribution in [0.4, 0.5) is 28.4 Å². The van der Waals surface area contributed by atoms with Gasteiger partial charge in [-0.25, -0.2) is 0 Å². The minimum absolute atomic E-state index is 0.101. The molecule has 0 saturated carbocycles. The second-order valence-corrected chi connectivity index (χ2v) is 14.8. The van der Waals surface area contributed by atoms with Crippen molar-refractivity contribution in [1.82, 2.24) is 5.32 Å². The minimum Gasteiger partial charge on any atom is -0.493 e. The molecule has 298 valence electrons. The van der Waals surface area contributed by atoms with Crippen LogP contribution in [0.1, 0.15) is 43.0 Å². The van der Waals surface area contributed by atoms with Crippen LogP contribution in [0, 0.1) is 0 Å². The fourth-order valence-electron chi connectivity index (χ4n) is 8.22. The molecule has 1 unspecified atom stereocenters. The number of likely N-dealkylation sites (N-methyl/N-ethyl adjacent to an activating group) is 2. The molecule has 1 N–H and O–H groups in total. The maximum Gasteiger partial charge on any atom is 0.261 e. The summed E-state index contributed by atoms with van der Waals surface area (Å²) in [5.74, 6) is 1.17. The second kappa shape index (κ2) is 15.4. The molecule has 0 spiro atoms. The lowest BCUT2D eigenvalue weighted by Crippen LogP contribution is -2.37. The molecule has 13 heteroatoms. The Balaban J connectivity index is 0.981. The third-order valence-electron chi connectivity index (χ3n) is 11.2. The fraction of sp³-hybridized carbons (Fsp3) is 0.239. The Bertz CT molecular complexity index is 2430. The normalized spacial score (nSPS) is 16.9. The van der Waals surface area contributed by atoms with Gasteiger partial charge in [0.15, 0.2) is 23.0 Å². The number of hydrogen-bond acceptors (Lipinski definition) is 10. The van der Waals surface area contributed by atoms with Crippen molar-refractivity contribution in [3.05, 3.63) is 124 Å². The van der Waals surface area contributed by atoms with E-state index in [1.54, 1.807) is 53.1 Å². The first-order valence-corrected chi connectivity index (χ1v) is 19.4. The summed E-state index contributed by atoms with van der Waals surface area (Å²) in [6.07, 6.45) is 5.02. The number of nitrogens with zero attached hydrogens (tertiary/aromatic N) is 5. The van der Waals surface area contributed by atoms with Crippen LogP contribution < -0.4 is 39.0 Å². The van der Waals surface area contributed by atoms with Crippen LogP contribution in [0.3, 0.4) is 0 Å². The third kappa shape index (κ3) is 6.82. The fourth-order valence-corrected chi connectivity index (χ4v) is 8.22. The van der Waals surface area contributed by atoms with Gasteiger partial charge in [0.1, 0.15) is 13.2 Å². The van der Waals surface area contributed by atoms with E-state index in [4.69, 9.17) is 28.9 Å². The average molecular weight is 791 g/mol. The summed E-state index contributed by atoms with van der Waals surface area (Å²) in [4.78, 5) is 55.5. The molecule has 4 heterocycles. The number of carbonyl (C=O) groups is 3. The third-order valence-corrected chi connectivity index (χ3v) is 11.2. The summed E-state index contributed by atoms with van der Waals surface area (Å²) in [7, 11) is 6.50. The zero-order valence-corrected chi connectivity index (χ0v) is 33.1. The minimum atomic E-state index is -0.189. The van der Waals surface area contributed by atoms with Gasteiger partial charge in [-0.15, -0.1) is 0 Å². The van der Waals surface area contributed by atoms with Crippen LogP contribution in [0.2, 0.25) is 0 Å². The summed E-state index contributed by atoms with van der Waals surface area (Å²) < 4.78 is 24.3. The van der Waals surface area contributed by atoms with E-state index in [2.05, 4.69) is 5.32 Å². The Morgan fingerprint density at radius 1 is 0.695 bits per heavy atom. The van der Waals surface area contributed by atoms with Gasteiger partial charge in [0, 0.05) is 61.5 Å². The van der Waals surface area contributed by atoms with Crippen LogP contribution in [-0.2, 0) is 30.8 Å². The van der Waals surface area contributed by atoms with Crippen molar-refractivity contribution in [2.45, 2.75) is 38.1 Å². The molecular weight excluding hydrogens is 749 g/mol. The first kappa shape index (κ1) is 37.6. The molecule has 5 aromatic carbocycles. The first-order chi connectivity index (χ1) is 28.7. The van der Waals surface area contributed by atoms with E-state index in [0.29, 0.717) is 64.0 Å². The van der Waals surface area contributed by atoms with Gasteiger partial charge in [-0.1, -0.05) is 36.4 Å². The maximum atomic E-state index is 13.9. The lowest BCUT2D eigenvalue weighted by Gasteiger charge is -2.22. The number of para-hydroxylation sites is 2. The molecule has 59 heavy (non-hydrogen) atoms. The SMILES string of the molecule is CNCC(=O)N(C)c1cc(COc2cc3c(cc2OC)C(=O)N2c4ccccc4CC2C=N3)cc(COc2cc3c(cc2OC)C(=O)N2c4ccccc4C[C@H]2C=N3)c1. The number of ether oxygens (including phenoxy) is 4.